The molecule has 3 nitrogen and oxygen atoms in total. The monoisotopic (exact) mass is 241 g/mol. The first-order chi connectivity index (χ1) is 7.99. The van der Waals surface area contributed by atoms with Crippen LogP contribution in [-0.4, -0.2) is 36.3 Å². The first kappa shape index (κ1) is 13.9. The van der Waals surface area contributed by atoms with Crippen molar-refractivity contribution in [2.45, 2.75) is 26.5 Å². The number of phenolic OH excluding ortho intramolecular Hbond substituents is 1. The fourth-order valence-corrected chi connectivity index (χ4v) is 1.48. The molecule has 0 unspecified atom stereocenters. The van der Waals surface area contributed by atoms with Crippen LogP contribution in [0.15, 0.2) is 18.2 Å². The van der Waals surface area contributed by atoms with Crippen LogP contribution in [0, 0.1) is 5.82 Å². The summed E-state index contributed by atoms with van der Waals surface area (Å²) in [5.74, 6) is -0.881. The number of ether oxygens (including phenoxy) is 1. The Morgan fingerprint density at radius 2 is 2.12 bits per heavy atom. The van der Waals surface area contributed by atoms with Crippen LogP contribution in [0.3, 0.4) is 0 Å². The number of halogens is 1. The molecule has 0 atom stereocenters. The molecule has 0 aliphatic carbocycles. The Kier molecular flexibility index (Phi) is 5.38. The van der Waals surface area contributed by atoms with Gasteiger partial charge in [0.05, 0.1) is 12.7 Å². The Balaban J connectivity index is 2.39. The van der Waals surface area contributed by atoms with E-state index in [0.717, 1.165) is 12.1 Å². The first-order valence-corrected chi connectivity index (χ1v) is 5.76. The van der Waals surface area contributed by atoms with Crippen molar-refractivity contribution in [3.05, 3.63) is 29.6 Å². The van der Waals surface area contributed by atoms with Crippen molar-refractivity contribution in [1.82, 2.24) is 4.90 Å². The van der Waals surface area contributed by atoms with Gasteiger partial charge in [0.2, 0.25) is 0 Å². The van der Waals surface area contributed by atoms with Crippen molar-refractivity contribution in [2.75, 3.05) is 20.2 Å². The van der Waals surface area contributed by atoms with Gasteiger partial charge >= 0.3 is 0 Å². The third-order valence-electron chi connectivity index (χ3n) is 2.39. The Bertz CT molecular complexity index is 355. The predicted molar refractivity (Wildman–Crippen MR) is 65.5 cm³/mol. The molecular weight excluding hydrogens is 221 g/mol. The summed E-state index contributed by atoms with van der Waals surface area (Å²) in [6.07, 6.45) is 0.231. The van der Waals surface area contributed by atoms with E-state index >= 15 is 0 Å². The van der Waals surface area contributed by atoms with Crippen LogP contribution >= 0.6 is 0 Å². The highest BCUT2D eigenvalue weighted by Crippen LogP contribution is 2.16. The van der Waals surface area contributed by atoms with E-state index in [1.54, 1.807) is 6.07 Å². The van der Waals surface area contributed by atoms with Gasteiger partial charge in [0.25, 0.3) is 0 Å². The summed E-state index contributed by atoms with van der Waals surface area (Å²) in [6, 6.07) is 4.45. The van der Waals surface area contributed by atoms with Crippen molar-refractivity contribution in [1.29, 1.82) is 0 Å². The average Bonchev–Trinajstić information content (AvgIpc) is 2.23. The summed E-state index contributed by atoms with van der Waals surface area (Å²) in [6.45, 7) is 6.08. The van der Waals surface area contributed by atoms with E-state index in [0.29, 0.717) is 13.2 Å². The van der Waals surface area contributed by atoms with Crippen molar-refractivity contribution in [3.8, 4) is 5.75 Å². The highest BCUT2D eigenvalue weighted by atomic mass is 19.1. The van der Waals surface area contributed by atoms with E-state index in [4.69, 9.17) is 9.84 Å². The summed E-state index contributed by atoms with van der Waals surface area (Å²) in [7, 11) is 1.95. The van der Waals surface area contributed by atoms with Gasteiger partial charge in [0.15, 0.2) is 11.6 Å². The van der Waals surface area contributed by atoms with Gasteiger partial charge in [-0.3, -0.25) is 4.90 Å². The number of benzene rings is 1. The Labute approximate surface area is 102 Å². The summed E-state index contributed by atoms with van der Waals surface area (Å²) in [5, 5.41) is 9.07. The smallest absolute Gasteiger partial charge is 0.165 e. The second kappa shape index (κ2) is 6.57. The van der Waals surface area contributed by atoms with Crippen LogP contribution in [-0.2, 0) is 11.3 Å². The first-order valence-electron chi connectivity index (χ1n) is 5.76. The Morgan fingerprint density at radius 3 is 2.71 bits per heavy atom. The maximum absolute atomic E-state index is 13.1. The molecule has 1 aromatic carbocycles. The molecule has 0 spiro atoms. The number of nitrogens with zero attached hydrogens (tertiary/aromatic N) is 1. The minimum atomic E-state index is -0.575. The summed E-state index contributed by atoms with van der Waals surface area (Å²) in [5.41, 5.74) is 0.840. The minimum absolute atomic E-state index is 0.231. The fraction of sp³-hybridized carbons (Fsp3) is 0.538. The van der Waals surface area contributed by atoms with E-state index in [-0.39, 0.29) is 11.9 Å². The molecule has 0 bridgehead atoms. The zero-order valence-corrected chi connectivity index (χ0v) is 10.6. The number of likely N-dealkylation sites (N-methyl/N-ethyl adjacent to an activating group) is 1. The van der Waals surface area contributed by atoms with E-state index in [2.05, 4.69) is 0 Å². The molecule has 0 radical (unpaired) electrons. The lowest BCUT2D eigenvalue weighted by Gasteiger charge is -2.17. The summed E-state index contributed by atoms with van der Waals surface area (Å²) in [4.78, 5) is 2.05. The lowest BCUT2D eigenvalue weighted by Crippen LogP contribution is -2.24. The molecule has 1 N–H and O–H groups in total. The van der Waals surface area contributed by atoms with Crippen LogP contribution in [0.5, 0.6) is 5.75 Å². The molecule has 1 rings (SSSR count). The van der Waals surface area contributed by atoms with Gasteiger partial charge in [-0.1, -0.05) is 6.07 Å². The van der Waals surface area contributed by atoms with Gasteiger partial charge in [0.1, 0.15) is 0 Å². The fourth-order valence-electron chi connectivity index (χ4n) is 1.48. The zero-order chi connectivity index (χ0) is 12.8. The van der Waals surface area contributed by atoms with Crippen LogP contribution in [0.2, 0.25) is 0 Å². The highest BCUT2D eigenvalue weighted by Gasteiger charge is 2.05. The van der Waals surface area contributed by atoms with Gasteiger partial charge < -0.3 is 9.84 Å². The topological polar surface area (TPSA) is 32.7 Å². The standard InChI is InChI=1S/C13H20FNO2/c1-10(2)17-7-6-15(3)9-11-4-5-13(16)12(14)8-11/h4-5,8,10,16H,6-7,9H2,1-3H3. The van der Waals surface area contributed by atoms with Crippen molar-refractivity contribution >= 4 is 0 Å². The molecule has 0 aliphatic heterocycles. The van der Waals surface area contributed by atoms with Gasteiger partial charge in [-0.25, -0.2) is 4.39 Å². The average molecular weight is 241 g/mol. The van der Waals surface area contributed by atoms with E-state index in [9.17, 15) is 4.39 Å². The largest absolute Gasteiger partial charge is 0.505 e. The van der Waals surface area contributed by atoms with Gasteiger partial charge in [0, 0.05) is 13.1 Å². The van der Waals surface area contributed by atoms with Gasteiger partial charge in [-0.2, -0.15) is 0 Å². The second-order valence-electron chi connectivity index (χ2n) is 4.44. The van der Waals surface area contributed by atoms with Crippen LogP contribution in [0.1, 0.15) is 19.4 Å². The van der Waals surface area contributed by atoms with Crippen molar-refractivity contribution < 1.29 is 14.2 Å². The lowest BCUT2D eigenvalue weighted by molar-refractivity contribution is 0.0627. The molecule has 0 amide bonds. The number of aromatic hydroxyl groups is 1. The van der Waals surface area contributed by atoms with E-state index < -0.39 is 5.82 Å². The number of phenols is 1. The molecule has 0 aromatic heterocycles. The molecule has 0 fully saturated rings. The number of hydrogen-bond donors (Lipinski definition) is 1. The highest BCUT2D eigenvalue weighted by molar-refractivity contribution is 5.27. The van der Waals surface area contributed by atoms with Crippen molar-refractivity contribution in [3.63, 3.8) is 0 Å². The van der Waals surface area contributed by atoms with Gasteiger partial charge in [-0.15, -0.1) is 0 Å². The number of rotatable bonds is 6. The maximum atomic E-state index is 13.1. The van der Waals surface area contributed by atoms with Crippen molar-refractivity contribution in [2.24, 2.45) is 0 Å². The zero-order valence-electron chi connectivity index (χ0n) is 10.6. The molecular formula is C13H20FNO2. The van der Waals surface area contributed by atoms with Crippen LogP contribution in [0.4, 0.5) is 4.39 Å². The normalized spacial score (nSPS) is 11.4. The number of hydrogen-bond acceptors (Lipinski definition) is 3. The van der Waals surface area contributed by atoms with Crippen LogP contribution < -0.4 is 0 Å². The van der Waals surface area contributed by atoms with Gasteiger partial charge in [-0.05, 0) is 38.6 Å². The predicted octanol–water partition coefficient (Wildman–Crippen LogP) is 2.39. The molecule has 1 aromatic rings. The van der Waals surface area contributed by atoms with Crippen LogP contribution in [0.25, 0.3) is 0 Å². The molecule has 0 saturated carbocycles. The Morgan fingerprint density at radius 1 is 1.41 bits per heavy atom. The lowest BCUT2D eigenvalue weighted by atomic mass is 10.2. The second-order valence-corrected chi connectivity index (χ2v) is 4.44. The third kappa shape index (κ3) is 5.15. The molecule has 17 heavy (non-hydrogen) atoms. The van der Waals surface area contributed by atoms with E-state index in [1.165, 1.54) is 12.1 Å². The Hall–Kier alpha value is -1.13. The summed E-state index contributed by atoms with van der Waals surface area (Å²) < 4.78 is 18.5. The molecule has 0 saturated heterocycles. The SMILES string of the molecule is CC(C)OCCN(C)Cc1ccc(O)c(F)c1. The van der Waals surface area contributed by atoms with E-state index in [1.807, 2.05) is 25.8 Å². The summed E-state index contributed by atoms with van der Waals surface area (Å²) >= 11 is 0. The maximum Gasteiger partial charge on any atom is 0.165 e. The third-order valence-corrected chi connectivity index (χ3v) is 2.39. The molecule has 96 valence electrons. The quantitative estimate of drug-likeness (QED) is 0.830. The molecule has 0 heterocycles. The molecule has 4 heteroatoms. The minimum Gasteiger partial charge on any atom is -0.505 e. The molecule has 0 aliphatic rings.